The number of ether oxygens (including phenoxy) is 3. The van der Waals surface area contributed by atoms with Gasteiger partial charge in [0.15, 0.2) is 11.5 Å². The maximum Gasteiger partial charge on any atom is 0.255 e. The van der Waals surface area contributed by atoms with Gasteiger partial charge in [0.1, 0.15) is 13.2 Å². The van der Waals surface area contributed by atoms with E-state index in [0.29, 0.717) is 47.3 Å². The Morgan fingerprint density at radius 1 is 1.26 bits per heavy atom. The van der Waals surface area contributed by atoms with E-state index in [4.69, 9.17) is 19.5 Å². The van der Waals surface area contributed by atoms with Gasteiger partial charge in [-0.3, -0.25) is 4.79 Å². The second-order valence-corrected chi connectivity index (χ2v) is 4.85. The average molecular weight is 310 g/mol. The van der Waals surface area contributed by atoms with Crippen LogP contribution in [-0.2, 0) is 0 Å². The van der Waals surface area contributed by atoms with Gasteiger partial charge in [-0.15, -0.1) is 0 Å². The minimum atomic E-state index is -0.324. The van der Waals surface area contributed by atoms with Crippen LogP contribution in [0.2, 0.25) is 0 Å². The van der Waals surface area contributed by atoms with Gasteiger partial charge in [0.05, 0.1) is 18.7 Å². The highest BCUT2D eigenvalue weighted by atomic mass is 16.6. The Hall–Kier alpha value is -3.20. The van der Waals surface area contributed by atoms with Gasteiger partial charge in [0, 0.05) is 11.3 Å². The molecule has 1 heterocycles. The molecule has 0 radical (unpaired) electrons. The second-order valence-electron chi connectivity index (χ2n) is 4.85. The van der Waals surface area contributed by atoms with Crippen LogP contribution >= 0.6 is 0 Å². The first-order valence-corrected chi connectivity index (χ1v) is 7.00. The number of hydrogen-bond acceptors (Lipinski definition) is 5. The quantitative estimate of drug-likeness (QED) is 0.942. The molecule has 0 atom stereocenters. The standard InChI is InChI=1S/C17H14N2O4/c1-21-14-8-12(9-15-16(14)23-6-5-22-15)17(20)19-13-4-2-3-11(7-13)10-18/h2-4,7-9H,5-6H2,1H3,(H,19,20). The molecule has 6 nitrogen and oxygen atoms in total. The first-order chi connectivity index (χ1) is 11.2. The van der Waals surface area contributed by atoms with E-state index in [1.807, 2.05) is 6.07 Å². The Labute approximate surface area is 133 Å². The van der Waals surface area contributed by atoms with Crippen LogP contribution in [0.1, 0.15) is 15.9 Å². The van der Waals surface area contributed by atoms with Gasteiger partial charge in [-0.1, -0.05) is 6.07 Å². The second kappa shape index (κ2) is 6.28. The number of nitriles is 1. The molecule has 0 saturated carbocycles. The highest BCUT2D eigenvalue weighted by Gasteiger charge is 2.21. The van der Waals surface area contributed by atoms with Gasteiger partial charge in [0.25, 0.3) is 5.91 Å². The number of benzene rings is 2. The van der Waals surface area contributed by atoms with Crippen LogP contribution in [0.4, 0.5) is 5.69 Å². The first-order valence-electron chi connectivity index (χ1n) is 7.00. The minimum absolute atomic E-state index is 0.324. The molecule has 0 fully saturated rings. The van der Waals surface area contributed by atoms with Gasteiger partial charge in [-0.2, -0.15) is 5.26 Å². The van der Waals surface area contributed by atoms with Crippen molar-refractivity contribution in [2.75, 3.05) is 25.6 Å². The topological polar surface area (TPSA) is 80.6 Å². The van der Waals surface area contributed by atoms with E-state index in [1.165, 1.54) is 7.11 Å². The first kappa shape index (κ1) is 14.7. The number of carbonyl (C=O) groups excluding carboxylic acids is 1. The zero-order chi connectivity index (χ0) is 16.2. The molecule has 1 aliphatic rings. The van der Waals surface area contributed by atoms with E-state index in [1.54, 1.807) is 36.4 Å². The van der Waals surface area contributed by atoms with Crippen molar-refractivity contribution in [2.24, 2.45) is 0 Å². The molecule has 116 valence electrons. The van der Waals surface area contributed by atoms with Crippen molar-refractivity contribution in [1.29, 1.82) is 5.26 Å². The lowest BCUT2D eigenvalue weighted by Gasteiger charge is -2.21. The van der Waals surface area contributed by atoms with E-state index in [0.717, 1.165) is 0 Å². The normalized spacial score (nSPS) is 12.2. The lowest BCUT2D eigenvalue weighted by Crippen LogP contribution is -2.18. The van der Waals surface area contributed by atoms with Crippen LogP contribution in [-0.4, -0.2) is 26.2 Å². The number of nitrogens with zero attached hydrogens (tertiary/aromatic N) is 1. The number of anilines is 1. The fourth-order valence-electron chi connectivity index (χ4n) is 2.27. The van der Waals surface area contributed by atoms with Crippen LogP contribution < -0.4 is 19.5 Å². The number of amides is 1. The van der Waals surface area contributed by atoms with Crippen molar-refractivity contribution in [1.82, 2.24) is 0 Å². The number of nitrogens with one attached hydrogen (secondary N) is 1. The smallest absolute Gasteiger partial charge is 0.255 e. The maximum atomic E-state index is 12.4. The van der Waals surface area contributed by atoms with E-state index in [2.05, 4.69) is 5.32 Å². The molecule has 2 aromatic rings. The SMILES string of the molecule is COc1cc(C(=O)Nc2cccc(C#N)c2)cc2c1OCCO2. The van der Waals surface area contributed by atoms with Crippen molar-refractivity contribution in [3.63, 3.8) is 0 Å². The summed E-state index contributed by atoms with van der Waals surface area (Å²) in [6.45, 7) is 0.862. The molecule has 0 bridgehead atoms. The molecule has 23 heavy (non-hydrogen) atoms. The fraction of sp³-hybridized carbons (Fsp3) is 0.176. The van der Waals surface area contributed by atoms with Crippen molar-refractivity contribution in [2.45, 2.75) is 0 Å². The molecule has 1 amide bonds. The van der Waals surface area contributed by atoms with Crippen molar-refractivity contribution in [3.05, 3.63) is 47.5 Å². The van der Waals surface area contributed by atoms with E-state index >= 15 is 0 Å². The molecule has 1 aliphatic heterocycles. The van der Waals surface area contributed by atoms with Crippen LogP contribution in [0.5, 0.6) is 17.2 Å². The van der Waals surface area contributed by atoms with E-state index in [9.17, 15) is 4.79 Å². The summed E-state index contributed by atoms with van der Waals surface area (Å²) < 4.78 is 16.3. The summed E-state index contributed by atoms with van der Waals surface area (Å²) in [7, 11) is 1.51. The van der Waals surface area contributed by atoms with Crippen LogP contribution in [0.15, 0.2) is 36.4 Å². The maximum absolute atomic E-state index is 12.4. The zero-order valence-electron chi connectivity index (χ0n) is 12.5. The molecule has 0 spiro atoms. The Bertz CT molecular complexity index is 778. The van der Waals surface area contributed by atoms with Gasteiger partial charge in [0.2, 0.25) is 5.75 Å². The van der Waals surface area contributed by atoms with Gasteiger partial charge >= 0.3 is 0 Å². The summed E-state index contributed by atoms with van der Waals surface area (Å²) >= 11 is 0. The summed E-state index contributed by atoms with van der Waals surface area (Å²) in [5.41, 5.74) is 1.40. The third kappa shape index (κ3) is 3.04. The van der Waals surface area contributed by atoms with Gasteiger partial charge < -0.3 is 19.5 Å². The number of rotatable bonds is 3. The largest absolute Gasteiger partial charge is 0.493 e. The Morgan fingerprint density at radius 3 is 2.87 bits per heavy atom. The summed E-state index contributed by atoms with van der Waals surface area (Å²) in [6, 6.07) is 11.9. The van der Waals surface area contributed by atoms with Crippen LogP contribution in [0.25, 0.3) is 0 Å². The summed E-state index contributed by atoms with van der Waals surface area (Å²) in [4.78, 5) is 12.4. The molecule has 1 N–H and O–H groups in total. The summed E-state index contributed by atoms with van der Waals surface area (Å²) in [5.74, 6) is 1.10. The van der Waals surface area contributed by atoms with Crippen molar-refractivity contribution >= 4 is 11.6 Å². The van der Waals surface area contributed by atoms with Crippen LogP contribution in [0.3, 0.4) is 0 Å². The molecule has 6 heteroatoms. The third-order valence-electron chi connectivity index (χ3n) is 3.34. The Balaban J connectivity index is 1.89. The van der Waals surface area contributed by atoms with Gasteiger partial charge in [-0.25, -0.2) is 0 Å². The number of carbonyl (C=O) groups is 1. The predicted molar refractivity (Wildman–Crippen MR) is 83.1 cm³/mol. The Morgan fingerprint density at radius 2 is 2.09 bits per heavy atom. The van der Waals surface area contributed by atoms with E-state index < -0.39 is 0 Å². The molecule has 0 aliphatic carbocycles. The molecule has 3 rings (SSSR count). The molecular formula is C17H14N2O4. The van der Waals surface area contributed by atoms with Crippen LogP contribution in [0, 0.1) is 11.3 Å². The molecule has 2 aromatic carbocycles. The lowest BCUT2D eigenvalue weighted by molar-refractivity contribution is 0.102. The van der Waals surface area contributed by atoms with Gasteiger partial charge in [-0.05, 0) is 30.3 Å². The molecule has 0 saturated heterocycles. The predicted octanol–water partition coefficient (Wildman–Crippen LogP) is 2.59. The minimum Gasteiger partial charge on any atom is -0.493 e. The monoisotopic (exact) mass is 310 g/mol. The Kier molecular flexibility index (Phi) is 4.02. The molecular weight excluding hydrogens is 296 g/mol. The third-order valence-corrected chi connectivity index (χ3v) is 3.34. The highest BCUT2D eigenvalue weighted by Crippen LogP contribution is 2.40. The number of methoxy groups -OCH3 is 1. The fourth-order valence-corrected chi connectivity index (χ4v) is 2.27. The summed E-state index contributed by atoms with van der Waals surface area (Å²) in [5, 5.41) is 11.7. The zero-order valence-corrected chi connectivity index (χ0v) is 12.5. The molecule has 0 aromatic heterocycles. The highest BCUT2D eigenvalue weighted by molar-refractivity contribution is 6.05. The van der Waals surface area contributed by atoms with Crippen molar-refractivity contribution < 1.29 is 19.0 Å². The number of hydrogen-bond donors (Lipinski definition) is 1. The lowest BCUT2D eigenvalue weighted by atomic mass is 10.1. The summed E-state index contributed by atoms with van der Waals surface area (Å²) in [6.07, 6.45) is 0. The van der Waals surface area contributed by atoms with Crippen molar-refractivity contribution in [3.8, 4) is 23.3 Å². The average Bonchev–Trinajstić information content (AvgIpc) is 2.60. The van der Waals surface area contributed by atoms with E-state index in [-0.39, 0.29) is 5.91 Å². The molecule has 0 unspecified atom stereocenters. The number of fused-ring (bicyclic) bond motifs is 1.